The molecule has 0 aliphatic carbocycles. The maximum Gasteiger partial charge on any atom is 0.174 e. The summed E-state index contributed by atoms with van der Waals surface area (Å²) in [5, 5.41) is 4.54. The first kappa shape index (κ1) is 20.2. The molecule has 0 saturated heterocycles. The molecule has 1 aromatic heterocycles. The Morgan fingerprint density at radius 2 is 1.89 bits per heavy atom. The molecule has 0 bridgehead atoms. The van der Waals surface area contributed by atoms with Gasteiger partial charge < -0.3 is 19.4 Å². The van der Waals surface area contributed by atoms with Gasteiger partial charge in [-0.2, -0.15) is 0 Å². The van der Waals surface area contributed by atoms with E-state index in [0.717, 1.165) is 17.0 Å². The average Bonchev–Trinajstić information content (AvgIpc) is 3.18. The molecule has 0 unspecified atom stereocenters. The van der Waals surface area contributed by atoms with Crippen LogP contribution >= 0.6 is 23.8 Å². The fourth-order valence-corrected chi connectivity index (χ4v) is 3.22. The zero-order valence-corrected chi connectivity index (χ0v) is 17.7. The van der Waals surface area contributed by atoms with Crippen LogP contribution < -0.4 is 10.1 Å². The summed E-state index contributed by atoms with van der Waals surface area (Å²) in [7, 11) is 1.61. The van der Waals surface area contributed by atoms with Gasteiger partial charge in [-0.05, 0) is 55.4 Å². The molecule has 146 valence electrons. The van der Waals surface area contributed by atoms with E-state index >= 15 is 0 Å². The van der Waals surface area contributed by atoms with E-state index in [4.69, 9.17) is 33.0 Å². The van der Waals surface area contributed by atoms with Gasteiger partial charge in [0.1, 0.15) is 11.5 Å². The van der Waals surface area contributed by atoms with E-state index < -0.39 is 0 Å². The SMILES string of the molecule is COc1cc(Cl)c(C)cc1NC(=S)N(Cc1ccc(C)cc1)Cc1ccco1. The van der Waals surface area contributed by atoms with Crippen molar-refractivity contribution < 1.29 is 9.15 Å². The lowest BCUT2D eigenvalue weighted by molar-refractivity contribution is 0.360. The number of halogens is 1. The van der Waals surface area contributed by atoms with Gasteiger partial charge in [-0.3, -0.25) is 0 Å². The lowest BCUT2D eigenvalue weighted by atomic mass is 10.1. The maximum atomic E-state index is 6.22. The van der Waals surface area contributed by atoms with Crippen molar-refractivity contribution in [1.29, 1.82) is 0 Å². The smallest absolute Gasteiger partial charge is 0.174 e. The Morgan fingerprint density at radius 1 is 1.14 bits per heavy atom. The topological polar surface area (TPSA) is 37.6 Å². The second kappa shape index (κ2) is 9.13. The summed E-state index contributed by atoms with van der Waals surface area (Å²) in [6.45, 7) is 5.23. The molecule has 4 nitrogen and oxygen atoms in total. The molecular formula is C22H23ClN2O2S. The van der Waals surface area contributed by atoms with Crippen LogP contribution in [0.3, 0.4) is 0 Å². The summed E-state index contributed by atoms with van der Waals surface area (Å²) in [4.78, 5) is 2.06. The zero-order valence-electron chi connectivity index (χ0n) is 16.2. The van der Waals surface area contributed by atoms with Gasteiger partial charge in [-0.1, -0.05) is 41.4 Å². The van der Waals surface area contributed by atoms with Crippen LogP contribution in [0.1, 0.15) is 22.5 Å². The Hall–Kier alpha value is -2.50. The Bertz CT molecular complexity index is 940. The summed E-state index contributed by atoms with van der Waals surface area (Å²) >= 11 is 11.9. The van der Waals surface area contributed by atoms with Crippen molar-refractivity contribution in [1.82, 2.24) is 4.90 Å². The molecule has 0 aliphatic heterocycles. The normalized spacial score (nSPS) is 10.6. The van der Waals surface area contributed by atoms with E-state index in [2.05, 4.69) is 41.4 Å². The first-order valence-corrected chi connectivity index (χ1v) is 9.73. The lowest BCUT2D eigenvalue weighted by Gasteiger charge is -2.26. The minimum atomic E-state index is 0.557. The number of thiocarbonyl (C=S) groups is 1. The molecule has 28 heavy (non-hydrogen) atoms. The highest BCUT2D eigenvalue weighted by atomic mass is 35.5. The van der Waals surface area contributed by atoms with Gasteiger partial charge >= 0.3 is 0 Å². The molecule has 3 aromatic rings. The second-order valence-corrected chi connectivity index (χ2v) is 7.45. The van der Waals surface area contributed by atoms with E-state index in [9.17, 15) is 0 Å². The first-order valence-electron chi connectivity index (χ1n) is 8.94. The van der Waals surface area contributed by atoms with Crippen molar-refractivity contribution in [2.45, 2.75) is 26.9 Å². The predicted octanol–water partition coefficient (Wildman–Crippen LogP) is 5.96. The van der Waals surface area contributed by atoms with Crippen molar-refractivity contribution in [3.05, 3.63) is 82.3 Å². The summed E-state index contributed by atoms with van der Waals surface area (Å²) in [6, 6.07) is 16.0. The van der Waals surface area contributed by atoms with Crippen LogP contribution in [0.2, 0.25) is 5.02 Å². The molecule has 3 rings (SSSR count). The number of aryl methyl sites for hydroxylation is 2. The van der Waals surface area contributed by atoms with Gasteiger partial charge in [0.15, 0.2) is 5.11 Å². The third kappa shape index (κ3) is 5.06. The molecule has 0 atom stereocenters. The van der Waals surface area contributed by atoms with E-state index in [1.807, 2.05) is 25.1 Å². The number of hydrogen-bond acceptors (Lipinski definition) is 3. The molecule has 0 aliphatic rings. The van der Waals surface area contributed by atoms with E-state index in [0.29, 0.717) is 29.0 Å². The number of benzene rings is 2. The highest BCUT2D eigenvalue weighted by Gasteiger charge is 2.16. The van der Waals surface area contributed by atoms with Gasteiger partial charge in [0.25, 0.3) is 0 Å². The fourth-order valence-electron chi connectivity index (χ4n) is 2.83. The minimum Gasteiger partial charge on any atom is -0.495 e. The molecule has 2 aromatic carbocycles. The highest BCUT2D eigenvalue weighted by Crippen LogP contribution is 2.31. The molecule has 6 heteroatoms. The third-order valence-electron chi connectivity index (χ3n) is 4.43. The van der Waals surface area contributed by atoms with Crippen LogP contribution in [-0.2, 0) is 13.1 Å². The molecule has 0 fully saturated rings. The Morgan fingerprint density at radius 3 is 2.54 bits per heavy atom. The molecule has 0 saturated carbocycles. The van der Waals surface area contributed by atoms with Crippen molar-refractivity contribution in [3.63, 3.8) is 0 Å². The zero-order chi connectivity index (χ0) is 20.1. The Balaban J connectivity index is 1.83. The monoisotopic (exact) mass is 414 g/mol. The van der Waals surface area contributed by atoms with Gasteiger partial charge in [0.05, 0.1) is 25.6 Å². The number of nitrogens with zero attached hydrogens (tertiary/aromatic N) is 1. The van der Waals surface area contributed by atoms with E-state index in [-0.39, 0.29) is 0 Å². The number of rotatable bonds is 6. The number of anilines is 1. The van der Waals surface area contributed by atoms with Gasteiger partial charge in [0, 0.05) is 17.6 Å². The Labute approximate surface area is 176 Å². The largest absolute Gasteiger partial charge is 0.495 e. The van der Waals surface area contributed by atoms with Gasteiger partial charge in [0.2, 0.25) is 0 Å². The summed E-state index contributed by atoms with van der Waals surface area (Å²) in [5.41, 5.74) is 4.12. The van der Waals surface area contributed by atoms with Gasteiger partial charge in [-0.15, -0.1) is 0 Å². The van der Waals surface area contributed by atoms with Crippen LogP contribution in [0, 0.1) is 13.8 Å². The summed E-state index contributed by atoms with van der Waals surface area (Å²) < 4.78 is 11.0. The number of furan rings is 1. The number of methoxy groups -OCH3 is 1. The number of nitrogens with one attached hydrogen (secondary N) is 1. The standard InChI is InChI=1S/C22H23ClN2O2S/c1-15-6-8-17(9-7-15)13-25(14-18-5-4-10-27-18)22(28)24-20-11-16(2)19(23)12-21(20)26-3/h4-12H,13-14H2,1-3H3,(H,24,28). The minimum absolute atomic E-state index is 0.557. The quantitative estimate of drug-likeness (QED) is 0.504. The lowest BCUT2D eigenvalue weighted by Crippen LogP contribution is -2.33. The predicted molar refractivity (Wildman–Crippen MR) is 118 cm³/mol. The van der Waals surface area contributed by atoms with E-state index in [1.54, 1.807) is 19.4 Å². The average molecular weight is 415 g/mol. The summed E-state index contributed by atoms with van der Waals surface area (Å²) in [6.07, 6.45) is 1.67. The second-order valence-electron chi connectivity index (χ2n) is 6.65. The summed E-state index contributed by atoms with van der Waals surface area (Å²) in [5.74, 6) is 1.49. The van der Waals surface area contributed by atoms with Crippen LogP contribution in [0.25, 0.3) is 0 Å². The maximum absolute atomic E-state index is 6.22. The molecule has 1 N–H and O–H groups in total. The number of hydrogen-bond donors (Lipinski definition) is 1. The van der Waals surface area contributed by atoms with Crippen molar-refractivity contribution in [2.24, 2.45) is 0 Å². The van der Waals surface area contributed by atoms with Gasteiger partial charge in [-0.25, -0.2) is 0 Å². The number of ether oxygens (including phenoxy) is 1. The highest BCUT2D eigenvalue weighted by molar-refractivity contribution is 7.80. The van der Waals surface area contributed by atoms with Crippen molar-refractivity contribution in [3.8, 4) is 5.75 Å². The molecule has 0 radical (unpaired) electrons. The molecule has 0 spiro atoms. The van der Waals surface area contributed by atoms with Crippen LogP contribution in [0.15, 0.2) is 59.2 Å². The first-order chi connectivity index (χ1) is 13.5. The van der Waals surface area contributed by atoms with Crippen LogP contribution in [0.5, 0.6) is 5.75 Å². The fraction of sp³-hybridized carbons (Fsp3) is 0.227. The Kier molecular flexibility index (Phi) is 6.60. The molecule has 1 heterocycles. The third-order valence-corrected chi connectivity index (χ3v) is 5.20. The molecule has 0 amide bonds. The van der Waals surface area contributed by atoms with E-state index in [1.165, 1.54) is 11.1 Å². The van der Waals surface area contributed by atoms with Crippen LogP contribution in [-0.4, -0.2) is 17.1 Å². The van der Waals surface area contributed by atoms with Crippen LogP contribution in [0.4, 0.5) is 5.69 Å². The van der Waals surface area contributed by atoms with Crippen molar-refractivity contribution in [2.75, 3.05) is 12.4 Å². The van der Waals surface area contributed by atoms with Crippen molar-refractivity contribution >= 4 is 34.6 Å². The molecular weight excluding hydrogens is 392 g/mol.